The van der Waals surface area contributed by atoms with Crippen LogP contribution in [0.3, 0.4) is 0 Å². The number of aryl methyl sites for hydroxylation is 2. The second-order valence-corrected chi connectivity index (χ2v) is 7.04. The van der Waals surface area contributed by atoms with E-state index < -0.39 is 0 Å². The highest BCUT2D eigenvalue weighted by atomic mass is 16.5. The highest BCUT2D eigenvalue weighted by Gasteiger charge is 2.38. The zero-order valence-corrected chi connectivity index (χ0v) is 17.3. The Morgan fingerprint density at radius 2 is 1.97 bits per heavy atom. The average Bonchev–Trinajstić information content (AvgIpc) is 3.38. The van der Waals surface area contributed by atoms with Crippen molar-refractivity contribution in [1.29, 1.82) is 0 Å². The summed E-state index contributed by atoms with van der Waals surface area (Å²) in [6.45, 7) is 9.10. The van der Waals surface area contributed by atoms with Gasteiger partial charge in [0.2, 0.25) is 0 Å². The van der Waals surface area contributed by atoms with Gasteiger partial charge in [0.05, 0.1) is 30.7 Å². The van der Waals surface area contributed by atoms with E-state index in [1.54, 1.807) is 32.8 Å². The van der Waals surface area contributed by atoms with Gasteiger partial charge in [-0.25, -0.2) is 14.7 Å². The number of ether oxygens (including phenoxy) is 1. The van der Waals surface area contributed by atoms with Crippen LogP contribution in [-0.4, -0.2) is 51.2 Å². The van der Waals surface area contributed by atoms with Crippen molar-refractivity contribution in [3.63, 3.8) is 0 Å². The average molecular weight is 408 g/mol. The minimum atomic E-state index is -0.198. The first-order chi connectivity index (χ1) is 14.5. The number of aromatic nitrogens is 3. The van der Waals surface area contributed by atoms with Crippen molar-refractivity contribution in [1.82, 2.24) is 25.0 Å². The Balaban J connectivity index is 1.44. The predicted octanol–water partition coefficient (Wildman–Crippen LogP) is 3.18. The molecule has 1 aromatic carbocycles. The van der Waals surface area contributed by atoms with Crippen molar-refractivity contribution in [2.24, 2.45) is 0 Å². The molecule has 1 aliphatic rings. The van der Waals surface area contributed by atoms with Crippen molar-refractivity contribution in [2.75, 3.05) is 25.1 Å². The summed E-state index contributed by atoms with van der Waals surface area (Å²) in [4.78, 5) is 14.6. The van der Waals surface area contributed by atoms with E-state index in [-0.39, 0.29) is 6.03 Å². The standard InChI is InChI=1S/C21H24N6O3/c1-15-20(16(2)30-23-15)14-25-13-18(12-22-25)27-17(3)24(4)26(21(27)28)10-11-29-19-8-6-5-7-9-19/h5-9,12-13H,3,10-11,14H2,1-2,4H3. The first kappa shape index (κ1) is 19.6. The van der Waals surface area contributed by atoms with Gasteiger partial charge in [-0.05, 0) is 26.0 Å². The van der Waals surface area contributed by atoms with Crippen LogP contribution in [0.4, 0.5) is 10.5 Å². The number of amides is 2. The Hall–Kier alpha value is -3.75. The first-order valence-electron chi connectivity index (χ1n) is 9.62. The van der Waals surface area contributed by atoms with Gasteiger partial charge >= 0.3 is 6.03 Å². The Bertz CT molecular complexity index is 1040. The van der Waals surface area contributed by atoms with E-state index in [1.165, 1.54) is 0 Å². The quantitative estimate of drug-likeness (QED) is 0.597. The van der Waals surface area contributed by atoms with Crippen molar-refractivity contribution in [2.45, 2.75) is 20.4 Å². The Labute approximate surface area is 174 Å². The van der Waals surface area contributed by atoms with Gasteiger partial charge in [0, 0.05) is 18.8 Å². The maximum atomic E-state index is 13.0. The summed E-state index contributed by atoms with van der Waals surface area (Å²) in [6.07, 6.45) is 3.46. The Kier molecular flexibility index (Phi) is 5.18. The zero-order chi connectivity index (χ0) is 21.3. The highest BCUT2D eigenvalue weighted by Crippen LogP contribution is 2.29. The maximum absolute atomic E-state index is 13.0. The molecule has 30 heavy (non-hydrogen) atoms. The summed E-state index contributed by atoms with van der Waals surface area (Å²) >= 11 is 0. The maximum Gasteiger partial charge on any atom is 0.349 e. The van der Waals surface area contributed by atoms with Crippen molar-refractivity contribution >= 4 is 11.7 Å². The number of benzene rings is 1. The minimum Gasteiger partial charge on any atom is -0.492 e. The molecule has 2 amide bonds. The van der Waals surface area contributed by atoms with Crippen LogP contribution in [0.1, 0.15) is 17.0 Å². The molecule has 4 rings (SSSR count). The molecule has 0 atom stereocenters. The lowest BCUT2D eigenvalue weighted by atomic mass is 10.2. The van der Waals surface area contributed by atoms with E-state index in [1.807, 2.05) is 50.4 Å². The van der Waals surface area contributed by atoms with E-state index in [0.29, 0.717) is 31.2 Å². The second-order valence-electron chi connectivity index (χ2n) is 7.04. The van der Waals surface area contributed by atoms with Crippen LogP contribution in [-0.2, 0) is 6.54 Å². The zero-order valence-electron chi connectivity index (χ0n) is 17.3. The molecule has 0 spiro atoms. The summed E-state index contributed by atoms with van der Waals surface area (Å²) < 4.78 is 12.7. The molecule has 0 unspecified atom stereocenters. The lowest BCUT2D eigenvalue weighted by Crippen LogP contribution is -2.39. The van der Waals surface area contributed by atoms with Crippen LogP contribution in [0.5, 0.6) is 5.75 Å². The topological polar surface area (TPSA) is 79.9 Å². The summed E-state index contributed by atoms with van der Waals surface area (Å²) in [7, 11) is 1.80. The van der Waals surface area contributed by atoms with Gasteiger partial charge in [-0.2, -0.15) is 5.10 Å². The molecule has 1 saturated heterocycles. The number of hydrazine groups is 1. The van der Waals surface area contributed by atoms with Crippen LogP contribution >= 0.6 is 0 Å². The number of anilines is 1. The predicted molar refractivity (Wildman–Crippen MR) is 111 cm³/mol. The number of carbonyl (C=O) groups is 1. The molecule has 0 saturated carbocycles. The smallest absolute Gasteiger partial charge is 0.349 e. The number of para-hydroxylation sites is 1. The number of hydrogen-bond donors (Lipinski definition) is 0. The number of urea groups is 1. The van der Waals surface area contributed by atoms with Gasteiger partial charge in [-0.15, -0.1) is 0 Å². The highest BCUT2D eigenvalue weighted by molar-refractivity contribution is 5.96. The number of carbonyl (C=O) groups excluding carboxylic acids is 1. The van der Waals surface area contributed by atoms with E-state index in [4.69, 9.17) is 9.26 Å². The molecule has 9 heteroatoms. The third kappa shape index (κ3) is 3.61. The fraction of sp³-hybridized carbons (Fsp3) is 0.286. The molecule has 0 N–H and O–H groups in total. The molecule has 1 fully saturated rings. The van der Waals surface area contributed by atoms with E-state index >= 15 is 0 Å². The summed E-state index contributed by atoms with van der Waals surface area (Å²) in [6, 6.07) is 9.31. The molecule has 0 bridgehead atoms. The van der Waals surface area contributed by atoms with E-state index in [0.717, 1.165) is 22.8 Å². The molecular formula is C21H24N6O3. The monoisotopic (exact) mass is 408 g/mol. The van der Waals surface area contributed by atoms with Crippen LogP contribution in [0, 0.1) is 13.8 Å². The molecular weight excluding hydrogens is 384 g/mol. The van der Waals surface area contributed by atoms with Crippen molar-refractivity contribution in [3.8, 4) is 5.75 Å². The van der Waals surface area contributed by atoms with Gasteiger partial charge in [0.1, 0.15) is 23.9 Å². The molecule has 3 aromatic rings. The minimum absolute atomic E-state index is 0.198. The molecule has 9 nitrogen and oxygen atoms in total. The molecule has 2 aromatic heterocycles. The number of rotatable bonds is 7. The van der Waals surface area contributed by atoms with E-state index in [2.05, 4.69) is 16.8 Å². The third-order valence-electron chi connectivity index (χ3n) is 5.10. The van der Waals surface area contributed by atoms with Gasteiger partial charge in [0.15, 0.2) is 0 Å². The van der Waals surface area contributed by atoms with E-state index in [9.17, 15) is 4.79 Å². The normalized spacial score (nSPS) is 14.2. The van der Waals surface area contributed by atoms with Crippen LogP contribution < -0.4 is 9.64 Å². The van der Waals surface area contributed by atoms with Gasteiger partial charge in [-0.1, -0.05) is 29.9 Å². The summed E-state index contributed by atoms with van der Waals surface area (Å²) in [5, 5.41) is 11.7. The summed E-state index contributed by atoms with van der Waals surface area (Å²) in [5.41, 5.74) is 2.46. The fourth-order valence-electron chi connectivity index (χ4n) is 3.35. The molecule has 1 aliphatic heterocycles. The Morgan fingerprint density at radius 3 is 2.67 bits per heavy atom. The largest absolute Gasteiger partial charge is 0.492 e. The molecule has 156 valence electrons. The number of hydrogen-bond acceptors (Lipinski definition) is 6. The van der Waals surface area contributed by atoms with Crippen LogP contribution in [0.15, 0.2) is 59.6 Å². The Morgan fingerprint density at radius 1 is 1.20 bits per heavy atom. The second kappa shape index (κ2) is 7.94. The van der Waals surface area contributed by atoms with Crippen LogP contribution in [0.2, 0.25) is 0 Å². The summed E-state index contributed by atoms with van der Waals surface area (Å²) in [5.74, 6) is 2.08. The van der Waals surface area contributed by atoms with Gasteiger partial charge in [-0.3, -0.25) is 9.69 Å². The lowest BCUT2D eigenvalue weighted by molar-refractivity contribution is 0.0882. The fourth-order valence-corrected chi connectivity index (χ4v) is 3.35. The number of nitrogens with zero attached hydrogens (tertiary/aromatic N) is 6. The van der Waals surface area contributed by atoms with Crippen molar-refractivity contribution < 1.29 is 14.1 Å². The van der Waals surface area contributed by atoms with Gasteiger partial charge < -0.3 is 9.26 Å². The SMILES string of the molecule is C=C1N(c2cnn(Cc3c(C)noc3C)c2)C(=O)N(CCOc2ccccc2)N1C. The molecule has 3 heterocycles. The lowest BCUT2D eigenvalue weighted by Gasteiger charge is -2.23. The van der Waals surface area contributed by atoms with Crippen LogP contribution in [0.25, 0.3) is 0 Å². The molecule has 0 aliphatic carbocycles. The first-order valence-corrected chi connectivity index (χ1v) is 9.62. The van der Waals surface area contributed by atoms with Crippen molar-refractivity contribution in [3.05, 3.63) is 72.1 Å². The van der Waals surface area contributed by atoms with Gasteiger partial charge in [0.25, 0.3) is 0 Å². The molecule has 0 radical (unpaired) electrons. The third-order valence-corrected chi connectivity index (χ3v) is 5.10.